The molecule has 0 aliphatic carbocycles. The summed E-state index contributed by atoms with van der Waals surface area (Å²) in [6.07, 6.45) is 4.70. The number of hydrogen-bond acceptors (Lipinski definition) is 5. The summed E-state index contributed by atoms with van der Waals surface area (Å²) in [5, 5.41) is 3.14. The van der Waals surface area contributed by atoms with E-state index in [-0.39, 0.29) is 5.97 Å². The number of carbonyl (C=O) groups excluding carboxylic acids is 1. The molecule has 0 aliphatic heterocycles. The Kier molecular flexibility index (Phi) is 5.10. The molecular weight excluding hydrogens is 333 g/mol. The molecule has 1 heterocycles. The number of nitrogens with zero attached hydrogens (tertiary/aromatic N) is 2. The monoisotopic (exact) mass is 349 g/mol. The van der Waals surface area contributed by atoms with Crippen molar-refractivity contribution in [2.75, 3.05) is 12.4 Å². The van der Waals surface area contributed by atoms with Crippen molar-refractivity contribution < 1.29 is 9.53 Å². The van der Waals surface area contributed by atoms with Crippen molar-refractivity contribution in [2.24, 2.45) is 0 Å². The van der Waals surface area contributed by atoms with E-state index in [1.165, 1.54) is 13.4 Å². The molecule has 0 spiro atoms. The smallest absolute Gasteiger partial charge is 0.331 e. The zero-order valence-electron chi connectivity index (χ0n) is 10.2. The van der Waals surface area contributed by atoms with Crippen LogP contribution in [0.25, 0.3) is 0 Å². The highest BCUT2D eigenvalue weighted by atomic mass is 127. The second kappa shape index (κ2) is 6.13. The van der Waals surface area contributed by atoms with E-state index in [9.17, 15) is 4.79 Å². The average Bonchev–Trinajstić information content (AvgIpc) is 2.31. The van der Waals surface area contributed by atoms with Gasteiger partial charge in [0.05, 0.1) is 10.7 Å². The summed E-state index contributed by atoms with van der Waals surface area (Å²) < 4.78 is 5.70. The van der Waals surface area contributed by atoms with Crippen molar-refractivity contribution >= 4 is 34.4 Å². The molecule has 0 fully saturated rings. The van der Waals surface area contributed by atoms with Crippen LogP contribution in [0.4, 0.5) is 5.82 Å². The van der Waals surface area contributed by atoms with Crippen LogP contribution in [0.2, 0.25) is 0 Å². The van der Waals surface area contributed by atoms with E-state index in [1.807, 2.05) is 13.8 Å². The maximum absolute atomic E-state index is 11.8. The van der Waals surface area contributed by atoms with Gasteiger partial charge in [-0.05, 0) is 35.9 Å². The summed E-state index contributed by atoms with van der Waals surface area (Å²) in [4.78, 5) is 19.8. The van der Waals surface area contributed by atoms with Crippen LogP contribution in [0.1, 0.15) is 26.7 Å². The fourth-order valence-corrected chi connectivity index (χ4v) is 2.04. The van der Waals surface area contributed by atoms with Gasteiger partial charge in [-0.3, -0.25) is 0 Å². The van der Waals surface area contributed by atoms with Crippen molar-refractivity contribution in [3.05, 3.63) is 16.1 Å². The molecule has 0 aromatic carbocycles. The van der Waals surface area contributed by atoms with Crippen LogP contribution in [0.15, 0.2) is 12.5 Å². The number of hydrogen-bond donors (Lipinski definition) is 1. The Morgan fingerprint density at radius 2 is 2.35 bits per heavy atom. The molecule has 94 valence electrons. The van der Waals surface area contributed by atoms with Gasteiger partial charge in [0.25, 0.3) is 0 Å². The number of carbonyl (C=O) groups is 1. The van der Waals surface area contributed by atoms with E-state index in [1.54, 1.807) is 6.20 Å². The Hall–Kier alpha value is -0.920. The first-order chi connectivity index (χ1) is 8.03. The van der Waals surface area contributed by atoms with E-state index < -0.39 is 5.54 Å². The molecule has 0 bridgehead atoms. The van der Waals surface area contributed by atoms with Gasteiger partial charge in [0.1, 0.15) is 17.7 Å². The van der Waals surface area contributed by atoms with Crippen molar-refractivity contribution in [1.82, 2.24) is 9.97 Å². The van der Waals surface area contributed by atoms with Gasteiger partial charge in [-0.15, -0.1) is 0 Å². The first kappa shape index (κ1) is 14.1. The fraction of sp³-hybridized carbons (Fsp3) is 0.545. The summed E-state index contributed by atoms with van der Waals surface area (Å²) in [5.41, 5.74) is -0.752. The highest BCUT2D eigenvalue weighted by molar-refractivity contribution is 14.1. The van der Waals surface area contributed by atoms with Gasteiger partial charge in [0.2, 0.25) is 0 Å². The molecular formula is C11H16IN3O2. The van der Waals surface area contributed by atoms with E-state index >= 15 is 0 Å². The van der Waals surface area contributed by atoms with Gasteiger partial charge in [0.15, 0.2) is 0 Å². The van der Waals surface area contributed by atoms with Gasteiger partial charge in [-0.2, -0.15) is 0 Å². The molecule has 1 N–H and O–H groups in total. The average molecular weight is 349 g/mol. The lowest BCUT2D eigenvalue weighted by Gasteiger charge is -2.28. The summed E-state index contributed by atoms with van der Waals surface area (Å²) in [6.45, 7) is 3.84. The van der Waals surface area contributed by atoms with Gasteiger partial charge < -0.3 is 10.1 Å². The van der Waals surface area contributed by atoms with E-state index in [2.05, 4.69) is 37.9 Å². The Labute approximate surface area is 115 Å². The third-order valence-electron chi connectivity index (χ3n) is 2.45. The number of aromatic nitrogens is 2. The number of ether oxygens (including phenoxy) is 1. The number of nitrogens with one attached hydrogen (secondary N) is 1. The summed E-state index contributed by atoms with van der Waals surface area (Å²) in [5.74, 6) is 0.371. The summed E-state index contributed by atoms with van der Waals surface area (Å²) in [6, 6.07) is 0. The van der Waals surface area contributed by atoms with Gasteiger partial charge in [-0.25, -0.2) is 14.8 Å². The summed E-state index contributed by atoms with van der Waals surface area (Å²) >= 11 is 2.12. The topological polar surface area (TPSA) is 64.1 Å². The molecule has 6 heteroatoms. The van der Waals surface area contributed by atoms with Crippen LogP contribution in [-0.2, 0) is 9.53 Å². The molecule has 0 saturated heterocycles. The molecule has 5 nitrogen and oxygen atoms in total. The standard InChI is InChI=1S/C11H16IN3O2/c1-4-5-11(2,10(16)17-3)15-9-8(12)6-13-7-14-9/h6-7H,4-5H2,1-3H3,(H,13,14,15). The lowest BCUT2D eigenvalue weighted by molar-refractivity contribution is -0.145. The van der Waals surface area contributed by atoms with Crippen LogP contribution in [0, 0.1) is 3.57 Å². The highest BCUT2D eigenvalue weighted by Crippen LogP contribution is 2.23. The predicted octanol–water partition coefficient (Wildman–Crippen LogP) is 2.22. The summed E-state index contributed by atoms with van der Waals surface area (Å²) in [7, 11) is 1.39. The number of esters is 1. The van der Waals surface area contributed by atoms with Crippen LogP contribution in [0.3, 0.4) is 0 Å². The first-order valence-electron chi connectivity index (χ1n) is 5.35. The zero-order valence-corrected chi connectivity index (χ0v) is 12.3. The van der Waals surface area contributed by atoms with Crippen molar-refractivity contribution in [3.63, 3.8) is 0 Å². The number of anilines is 1. The largest absolute Gasteiger partial charge is 0.467 e. The molecule has 0 amide bonds. The van der Waals surface area contributed by atoms with Crippen LogP contribution in [0.5, 0.6) is 0 Å². The Bertz CT molecular complexity index is 400. The SMILES string of the molecule is CCCC(C)(Nc1ncncc1I)C(=O)OC. The van der Waals surface area contributed by atoms with Gasteiger partial charge in [-0.1, -0.05) is 13.3 Å². The van der Waals surface area contributed by atoms with Crippen LogP contribution < -0.4 is 5.32 Å². The fourth-order valence-electron chi connectivity index (χ4n) is 1.61. The van der Waals surface area contributed by atoms with Crippen molar-refractivity contribution in [2.45, 2.75) is 32.2 Å². The minimum absolute atomic E-state index is 0.284. The number of methoxy groups -OCH3 is 1. The molecule has 17 heavy (non-hydrogen) atoms. The second-order valence-corrected chi connectivity index (χ2v) is 5.08. The Morgan fingerprint density at radius 1 is 1.65 bits per heavy atom. The number of halogens is 1. The molecule has 0 aliphatic rings. The molecule has 0 radical (unpaired) electrons. The highest BCUT2D eigenvalue weighted by Gasteiger charge is 2.34. The van der Waals surface area contributed by atoms with E-state index in [0.29, 0.717) is 12.2 Å². The predicted molar refractivity (Wildman–Crippen MR) is 73.7 cm³/mol. The Balaban J connectivity index is 2.94. The van der Waals surface area contributed by atoms with Crippen molar-refractivity contribution in [3.8, 4) is 0 Å². The molecule has 1 atom stereocenters. The third-order valence-corrected chi connectivity index (χ3v) is 3.24. The third kappa shape index (κ3) is 3.52. The maximum atomic E-state index is 11.8. The van der Waals surface area contributed by atoms with Crippen molar-refractivity contribution in [1.29, 1.82) is 0 Å². The number of rotatable bonds is 5. The minimum atomic E-state index is -0.752. The zero-order chi connectivity index (χ0) is 12.9. The van der Waals surface area contributed by atoms with E-state index in [0.717, 1.165) is 9.99 Å². The van der Waals surface area contributed by atoms with Crippen LogP contribution >= 0.6 is 22.6 Å². The quantitative estimate of drug-likeness (QED) is 0.652. The molecule has 1 aromatic rings. The maximum Gasteiger partial charge on any atom is 0.331 e. The van der Waals surface area contributed by atoms with E-state index in [4.69, 9.17) is 4.74 Å². The second-order valence-electron chi connectivity index (χ2n) is 3.92. The first-order valence-corrected chi connectivity index (χ1v) is 6.43. The lowest BCUT2D eigenvalue weighted by atomic mass is 9.96. The minimum Gasteiger partial charge on any atom is -0.467 e. The molecule has 1 unspecified atom stereocenters. The Morgan fingerprint density at radius 3 is 2.88 bits per heavy atom. The lowest BCUT2D eigenvalue weighted by Crippen LogP contribution is -2.44. The van der Waals surface area contributed by atoms with Gasteiger partial charge >= 0.3 is 5.97 Å². The van der Waals surface area contributed by atoms with Crippen LogP contribution in [-0.4, -0.2) is 28.6 Å². The normalized spacial score (nSPS) is 13.9. The molecule has 0 saturated carbocycles. The molecule has 1 aromatic heterocycles. The molecule has 1 rings (SSSR count). The van der Waals surface area contributed by atoms with Gasteiger partial charge in [0, 0.05) is 6.20 Å².